The highest BCUT2D eigenvalue weighted by atomic mass is 35.5. The van der Waals surface area contributed by atoms with Crippen LogP contribution in [0.25, 0.3) is 0 Å². The van der Waals surface area contributed by atoms with Crippen LogP contribution in [0.2, 0.25) is 0 Å². The summed E-state index contributed by atoms with van der Waals surface area (Å²) in [4.78, 5) is 19.2. The minimum atomic E-state index is 0. The lowest BCUT2D eigenvalue weighted by atomic mass is 10.5. The molecule has 1 aromatic heterocycles. The van der Waals surface area contributed by atoms with Gasteiger partial charge in [0.2, 0.25) is 17.8 Å². The molecule has 0 fully saturated rings. The monoisotopic (exact) mass is 274 g/mol. The summed E-state index contributed by atoms with van der Waals surface area (Å²) >= 11 is 0. The van der Waals surface area contributed by atoms with Crippen LogP contribution in [0.1, 0.15) is 13.8 Å². The molecular weight excluding hydrogens is 252 g/mol. The van der Waals surface area contributed by atoms with Crippen LogP contribution in [0.3, 0.4) is 0 Å². The zero-order chi connectivity index (χ0) is 13.0. The Morgan fingerprint density at radius 1 is 0.722 bits per heavy atom. The summed E-state index contributed by atoms with van der Waals surface area (Å²) in [6.07, 6.45) is 0. The van der Waals surface area contributed by atoms with E-state index in [1.54, 1.807) is 0 Å². The van der Waals surface area contributed by atoms with Crippen LogP contribution in [0.5, 0.6) is 0 Å². The van der Waals surface area contributed by atoms with E-state index in [0.717, 1.165) is 19.0 Å². The number of hydrogen-bond acceptors (Lipinski definition) is 6. The Kier molecular flexibility index (Phi) is 6.68. The summed E-state index contributed by atoms with van der Waals surface area (Å²) in [6, 6.07) is 0. The van der Waals surface area contributed by atoms with Gasteiger partial charge in [-0.25, -0.2) is 0 Å². The average Bonchev–Trinajstić information content (AvgIpc) is 2.30. The van der Waals surface area contributed by atoms with Gasteiger partial charge in [-0.05, 0) is 13.8 Å². The van der Waals surface area contributed by atoms with Crippen LogP contribution in [0.4, 0.5) is 17.8 Å². The van der Waals surface area contributed by atoms with Gasteiger partial charge >= 0.3 is 0 Å². The molecule has 0 unspecified atom stereocenters. The Morgan fingerprint density at radius 3 is 1.33 bits per heavy atom. The molecule has 18 heavy (non-hydrogen) atoms. The number of hydrogen-bond donors (Lipinski definition) is 0. The van der Waals surface area contributed by atoms with Gasteiger partial charge < -0.3 is 14.7 Å². The van der Waals surface area contributed by atoms with Crippen molar-refractivity contribution in [2.75, 3.05) is 56.0 Å². The lowest BCUT2D eigenvalue weighted by Gasteiger charge is -2.22. The van der Waals surface area contributed by atoms with Crippen molar-refractivity contribution in [2.24, 2.45) is 0 Å². The molecule has 0 aliphatic rings. The van der Waals surface area contributed by atoms with E-state index in [-0.39, 0.29) is 12.4 Å². The van der Waals surface area contributed by atoms with Gasteiger partial charge in [0.15, 0.2) is 0 Å². The van der Waals surface area contributed by atoms with E-state index in [1.807, 2.05) is 38.0 Å². The van der Waals surface area contributed by atoms with Gasteiger partial charge in [0.25, 0.3) is 0 Å². The molecule has 104 valence electrons. The normalized spacial score (nSPS) is 9.67. The van der Waals surface area contributed by atoms with E-state index >= 15 is 0 Å². The molecule has 0 amide bonds. The van der Waals surface area contributed by atoms with E-state index in [9.17, 15) is 0 Å². The molecule has 0 spiro atoms. The predicted octanol–water partition coefficient (Wildman–Crippen LogP) is 1.27. The minimum Gasteiger partial charge on any atom is -0.347 e. The molecule has 0 saturated heterocycles. The summed E-state index contributed by atoms with van der Waals surface area (Å²) in [5.74, 6) is 2.11. The highest BCUT2D eigenvalue weighted by Gasteiger charge is 2.12. The molecule has 1 aromatic rings. The number of halogens is 1. The SMILES string of the molecule is CCN(CC)c1nc(N(C)C)nc(N(C)C)n1.Cl. The first-order valence-electron chi connectivity index (χ1n) is 5.85. The van der Waals surface area contributed by atoms with Crippen LogP contribution in [0, 0.1) is 0 Å². The zero-order valence-electron chi connectivity index (χ0n) is 12.0. The van der Waals surface area contributed by atoms with Crippen molar-refractivity contribution in [3.8, 4) is 0 Å². The Labute approximate surface area is 115 Å². The van der Waals surface area contributed by atoms with Crippen molar-refractivity contribution >= 4 is 30.3 Å². The van der Waals surface area contributed by atoms with Crippen molar-refractivity contribution in [1.82, 2.24) is 15.0 Å². The molecule has 7 heteroatoms. The third-order valence-electron chi connectivity index (χ3n) is 2.45. The molecule has 0 aliphatic carbocycles. The maximum absolute atomic E-state index is 4.46. The van der Waals surface area contributed by atoms with Gasteiger partial charge in [-0.15, -0.1) is 12.4 Å². The summed E-state index contributed by atoms with van der Waals surface area (Å²) in [7, 11) is 7.73. The second kappa shape index (κ2) is 7.20. The van der Waals surface area contributed by atoms with E-state index in [1.165, 1.54) is 0 Å². The first-order valence-corrected chi connectivity index (χ1v) is 5.85. The molecule has 0 radical (unpaired) electrons. The number of aromatic nitrogens is 3. The Morgan fingerprint density at radius 2 is 1.06 bits per heavy atom. The largest absolute Gasteiger partial charge is 0.347 e. The van der Waals surface area contributed by atoms with Gasteiger partial charge in [-0.2, -0.15) is 15.0 Å². The van der Waals surface area contributed by atoms with Crippen molar-refractivity contribution < 1.29 is 0 Å². The highest BCUT2D eigenvalue weighted by Crippen LogP contribution is 2.16. The van der Waals surface area contributed by atoms with Gasteiger partial charge in [-0.3, -0.25) is 0 Å². The lowest BCUT2D eigenvalue weighted by molar-refractivity contribution is 0.799. The minimum absolute atomic E-state index is 0. The van der Waals surface area contributed by atoms with E-state index in [4.69, 9.17) is 0 Å². The Hall–Kier alpha value is -1.30. The average molecular weight is 275 g/mol. The van der Waals surface area contributed by atoms with E-state index in [2.05, 4.69) is 33.7 Å². The van der Waals surface area contributed by atoms with Crippen molar-refractivity contribution in [1.29, 1.82) is 0 Å². The molecule has 6 nitrogen and oxygen atoms in total. The van der Waals surface area contributed by atoms with Crippen LogP contribution < -0.4 is 14.7 Å². The predicted molar refractivity (Wildman–Crippen MR) is 79.3 cm³/mol. The topological polar surface area (TPSA) is 48.4 Å². The fourth-order valence-electron chi connectivity index (χ4n) is 1.39. The highest BCUT2D eigenvalue weighted by molar-refractivity contribution is 5.85. The fourth-order valence-corrected chi connectivity index (χ4v) is 1.39. The molecule has 0 N–H and O–H groups in total. The van der Waals surface area contributed by atoms with Crippen LogP contribution in [0.15, 0.2) is 0 Å². The molecule has 1 heterocycles. The second-order valence-electron chi connectivity index (χ2n) is 4.20. The fraction of sp³-hybridized carbons (Fsp3) is 0.727. The van der Waals surface area contributed by atoms with Crippen LogP contribution >= 0.6 is 12.4 Å². The number of anilines is 3. The molecule has 0 aliphatic heterocycles. The Balaban J connectivity index is 0.00000289. The first kappa shape index (κ1) is 16.7. The summed E-state index contributed by atoms with van der Waals surface area (Å²) in [5, 5.41) is 0. The third kappa shape index (κ3) is 3.87. The molecule has 0 bridgehead atoms. The number of nitrogens with zero attached hydrogens (tertiary/aromatic N) is 6. The maximum Gasteiger partial charge on any atom is 0.231 e. The standard InChI is InChI=1S/C11H22N6.ClH/c1-7-17(8-2)11-13-9(15(3)4)12-10(14-11)16(5)6;/h7-8H2,1-6H3;1H. The van der Waals surface area contributed by atoms with Gasteiger partial charge in [-0.1, -0.05) is 0 Å². The third-order valence-corrected chi connectivity index (χ3v) is 2.45. The summed E-state index contributed by atoms with van der Waals surface area (Å²) in [6.45, 7) is 5.97. The molecule has 0 atom stereocenters. The number of rotatable bonds is 5. The first-order chi connectivity index (χ1) is 7.99. The van der Waals surface area contributed by atoms with E-state index in [0.29, 0.717) is 11.9 Å². The van der Waals surface area contributed by atoms with Crippen LogP contribution in [-0.4, -0.2) is 56.2 Å². The summed E-state index contributed by atoms with van der Waals surface area (Å²) < 4.78 is 0. The van der Waals surface area contributed by atoms with E-state index < -0.39 is 0 Å². The Bertz CT molecular complexity index is 338. The van der Waals surface area contributed by atoms with Gasteiger partial charge in [0, 0.05) is 41.3 Å². The van der Waals surface area contributed by atoms with Crippen molar-refractivity contribution in [3.63, 3.8) is 0 Å². The second-order valence-corrected chi connectivity index (χ2v) is 4.20. The maximum atomic E-state index is 4.46. The zero-order valence-corrected chi connectivity index (χ0v) is 12.8. The molecule has 0 aromatic carbocycles. The molecule has 0 saturated carbocycles. The molecule has 1 rings (SSSR count). The lowest BCUT2D eigenvalue weighted by Crippen LogP contribution is -2.27. The smallest absolute Gasteiger partial charge is 0.231 e. The molecular formula is C11H23ClN6. The van der Waals surface area contributed by atoms with Gasteiger partial charge in [0.1, 0.15) is 0 Å². The summed E-state index contributed by atoms with van der Waals surface area (Å²) in [5.41, 5.74) is 0. The van der Waals surface area contributed by atoms with Crippen molar-refractivity contribution in [3.05, 3.63) is 0 Å². The quantitative estimate of drug-likeness (QED) is 0.806. The van der Waals surface area contributed by atoms with Crippen LogP contribution in [-0.2, 0) is 0 Å². The van der Waals surface area contributed by atoms with Gasteiger partial charge in [0.05, 0.1) is 0 Å². The van der Waals surface area contributed by atoms with Crippen molar-refractivity contribution in [2.45, 2.75) is 13.8 Å².